The Kier molecular flexibility index (Phi) is 5.91. The highest BCUT2D eigenvalue weighted by Gasteiger charge is 2.21. The number of aliphatic imine (C=N–C) groups is 1. The van der Waals surface area contributed by atoms with Gasteiger partial charge in [-0.05, 0) is 31.0 Å². The van der Waals surface area contributed by atoms with E-state index < -0.39 is 0 Å². The number of benzene rings is 1. The van der Waals surface area contributed by atoms with Crippen LogP contribution in [0.4, 0.5) is 10.1 Å². The van der Waals surface area contributed by atoms with Crippen molar-refractivity contribution >= 4 is 11.6 Å². The van der Waals surface area contributed by atoms with Crippen LogP contribution in [-0.4, -0.2) is 41.9 Å². The monoisotopic (exact) mass is 369 g/mol. The Labute approximate surface area is 158 Å². The summed E-state index contributed by atoms with van der Waals surface area (Å²) in [7, 11) is 3.61. The number of rotatable bonds is 4. The number of guanidine groups is 1. The molecule has 27 heavy (non-hydrogen) atoms. The Morgan fingerprint density at radius 2 is 2.33 bits per heavy atom. The Hall–Kier alpha value is -3.08. The molecule has 1 fully saturated rings. The zero-order valence-corrected chi connectivity index (χ0v) is 15.6. The third-order valence-electron chi connectivity index (χ3n) is 4.66. The van der Waals surface area contributed by atoms with Gasteiger partial charge in [0.2, 0.25) is 0 Å². The van der Waals surface area contributed by atoms with Gasteiger partial charge in [0, 0.05) is 51.5 Å². The molecule has 1 aliphatic rings. The fraction of sp³-hybridized carbons (Fsp3) is 0.421. The van der Waals surface area contributed by atoms with Gasteiger partial charge in [-0.2, -0.15) is 10.4 Å². The van der Waals surface area contributed by atoms with Crippen LogP contribution in [0.15, 0.2) is 35.6 Å². The minimum absolute atomic E-state index is 0.237. The number of hydrogen-bond acceptors (Lipinski definition) is 4. The molecule has 7 nitrogen and oxygen atoms in total. The van der Waals surface area contributed by atoms with Crippen molar-refractivity contribution in [2.24, 2.45) is 12.0 Å². The first kappa shape index (κ1) is 18.7. The first-order chi connectivity index (χ1) is 13.1. The lowest BCUT2D eigenvalue weighted by Crippen LogP contribution is -2.51. The molecule has 2 N–H and O–H groups in total. The first-order valence-electron chi connectivity index (χ1n) is 8.98. The van der Waals surface area contributed by atoms with Gasteiger partial charge in [0.25, 0.3) is 0 Å². The molecular weight excluding hydrogens is 345 g/mol. The molecule has 0 amide bonds. The van der Waals surface area contributed by atoms with Gasteiger partial charge in [0.15, 0.2) is 5.96 Å². The number of piperidine rings is 1. The quantitative estimate of drug-likeness (QED) is 0.634. The molecule has 0 spiro atoms. The molecule has 2 heterocycles. The summed E-state index contributed by atoms with van der Waals surface area (Å²) in [5, 5.41) is 19.8. The summed E-state index contributed by atoms with van der Waals surface area (Å²) in [6, 6.07) is 6.62. The third-order valence-corrected chi connectivity index (χ3v) is 4.66. The highest BCUT2D eigenvalue weighted by molar-refractivity contribution is 5.80. The van der Waals surface area contributed by atoms with Gasteiger partial charge in [-0.15, -0.1) is 0 Å². The first-order valence-corrected chi connectivity index (χ1v) is 8.98. The van der Waals surface area contributed by atoms with Gasteiger partial charge >= 0.3 is 0 Å². The highest BCUT2D eigenvalue weighted by Crippen LogP contribution is 2.19. The fourth-order valence-corrected chi connectivity index (χ4v) is 3.25. The van der Waals surface area contributed by atoms with Crippen LogP contribution in [0.1, 0.15) is 24.0 Å². The average Bonchev–Trinajstić information content (AvgIpc) is 3.13. The minimum atomic E-state index is -0.336. The predicted octanol–water partition coefficient (Wildman–Crippen LogP) is 1.76. The number of nitrogens with one attached hydrogen (secondary N) is 2. The molecule has 1 aliphatic heterocycles. The van der Waals surface area contributed by atoms with E-state index in [4.69, 9.17) is 5.26 Å². The standard InChI is InChI=1S/C19H24FN7/c1-22-19(23-10-15-8-14(9-21)5-6-18(15)20)25-16-4-3-7-27(12-16)17-11-24-26(2)13-17/h5-6,8,11,13,16H,3-4,7,10,12H2,1-2H3,(H2,22,23,25). The second kappa shape index (κ2) is 8.54. The van der Waals surface area contributed by atoms with Crippen LogP contribution in [0, 0.1) is 17.1 Å². The lowest BCUT2D eigenvalue weighted by Gasteiger charge is -2.34. The smallest absolute Gasteiger partial charge is 0.191 e. The second-order valence-electron chi connectivity index (χ2n) is 6.65. The minimum Gasteiger partial charge on any atom is -0.367 e. The number of aryl methyl sites for hydroxylation is 1. The van der Waals surface area contributed by atoms with Gasteiger partial charge in [0.1, 0.15) is 5.82 Å². The molecule has 3 rings (SSSR count). The average molecular weight is 369 g/mol. The third kappa shape index (κ3) is 4.76. The molecule has 1 unspecified atom stereocenters. The molecule has 0 radical (unpaired) electrons. The van der Waals surface area contributed by atoms with Gasteiger partial charge in [-0.25, -0.2) is 4.39 Å². The number of nitrogens with zero attached hydrogens (tertiary/aromatic N) is 5. The number of halogens is 1. The van der Waals surface area contributed by atoms with Gasteiger partial charge in [-0.1, -0.05) is 0 Å². The van der Waals surface area contributed by atoms with E-state index in [-0.39, 0.29) is 18.4 Å². The maximum Gasteiger partial charge on any atom is 0.191 e. The van der Waals surface area contributed by atoms with Crippen molar-refractivity contribution in [3.05, 3.63) is 47.5 Å². The summed E-state index contributed by atoms with van der Waals surface area (Å²) in [6.07, 6.45) is 6.00. The van der Waals surface area contributed by atoms with E-state index in [1.54, 1.807) is 17.8 Å². The molecular formula is C19H24FN7. The van der Waals surface area contributed by atoms with Crippen molar-refractivity contribution < 1.29 is 4.39 Å². The maximum absolute atomic E-state index is 13.9. The van der Waals surface area contributed by atoms with Crippen molar-refractivity contribution in [3.8, 4) is 6.07 Å². The highest BCUT2D eigenvalue weighted by atomic mass is 19.1. The van der Waals surface area contributed by atoms with E-state index in [0.717, 1.165) is 31.6 Å². The van der Waals surface area contributed by atoms with Crippen LogP contribution < -0.4 is 15.5 Å². The molecule has 8 heteroatoms. The van der Waals surface area contributed by atoms with E-state index in [1.807, 2.05) is 25.5 Å². The number of anilines is 1. The van der Waals surface area contributed by atoms with E-state index >= 15 is 0 Å². The lowest BCUT2D eigenvalue weighted by molar-refractivity contribution is 0.467. The summed E-state index contributed by atoms with van der Waals surface area (Å²) in [5.41, 5.74) is 2.00. The second-order valence-corrected chi connectivity index (χ2v) is 6.65. The molecule has 1 atom stereocenters. The SMILES string of the molecule is CN=C(NCc1cc(C#N)ccc1F)NC1CCCN(c2cnn(C)c2)C1. The summed E-state index contributed by atoms with van der Waals surface area (Å²) >= 11 is 0. The molecule has 0 bridgehead atoms. The van der Waals surface area contributed by atoms with Crippen molar-refractivity contribution in [2.75, 3.05) is 25.0 Å². The Morgan fingerprint density at radius 1 is 1.48 bits per heavy atom. The van der Waals surface area contributed by atoms with Gasteiger partial charge in [-0.3, -0.25) is 9.67 Å². The number of aromatic nitrogens is 2. The zero-order valence-electron chi connectivity index (χ0n) is 15.6. The molecule has 0 aliphatic carbocycles. The molecule has 1 saturated heterocycles. The topological polar surface area (TPSA) is 81.3 Å². The molecule has 1 aromatic carbocycles. The molecule has 2 aromatic rings. The lowest BCUT2D eigenvalue weighted by atomic mass is 10.1. The van der Waals surface area contributed by atoms with Crippen molar-refractivity contribution in [2.45, 2.75) is 25.4 Å². The van der Waals surface area contributed by atoms with E-state index in [0.29, 0.717) is 17.1 Å². The fourth-order valence-electron chi connectivity index (χ4n) is 3.25. The number of nitriles is 1. The summed E-state index contributed by atoms with van der Waals surface area (Å²) in [5.74, 6) is 0.284. The van der Waals surface area contributed by atoms with E-state index in [2.05, 4.69) is 25.6 Å². The molecule has 0 saturated carbocycles. The summed E-state index contributed by atoms with van der Waals surface area (Å²) in [6.45, 7) is 2.12. The largest absolute Gasteiger partial charge is 0.367 e. The normalized spacial score (nSPS) is 17.5. The summed E-state index contributed by atoms with van der Waals surface area (Å²) in [4.78, 5) is 6.55. The maximum atomic E-state index is 13.9. The molecule has 142 valence electrons. The Bertz CT molecular complexity index is 852. The van der Waals surface area contributed by atoms with Crippen LogP contribution in [0.25, 0.3) is 0 Å². The van der Waals surface area contributed by atoms with Crippen molar-refractivity contribution in [3.63, 3.8) is 0 Å². The molecule has 1 aromatic heterocycles. The van der Waals surface area contributed by atoms with Crippen LogP contribution in [0.2, 0.25) is 0 Å². The van der Waals surface area contributed by atoms with Crippen molar-refractivity contribution in [1.29, 1.82) is 5.26 Å². The summed E-state index contributed by atoms with van der Waals surface area (Å²) < 4.78 is 15.7. The Balaban J connectivity index is 1.58. The van der Waals surface area contributed by atoms with E-state index in [1.165, 1.54) is 12.1 Å². The van der Waals surface area contributed by atoms with Crippen LogP contribution in [0.3, 0.4) is 0 Å². The number of hydrogen-bond donors (Lipinski definition) is 2. The predicted molar refractivity (Wildman–Crippen MR) is 103 cm³/mol. The van der Waals surface area contributed by atoms with Gasteiger partial charge < -0.3 is 15.5 Å². The Morgan fingerprint density at radius 3 is 3.04 bits per heavy atom. The van der Waals surface area contributed by atoms with E-state index in [9.17, 15) is 4.39 Å². The van der Waals surface area contributed by atoms with Crippen molar-refractivity contribution in [1.82, 2.24) is 20.4 Å². The van der Waals surface area contributed by atoms with Crippen LogP contribution >= 0.6 is 0 Å². The van der Waals surface area contributed by atoms with Gasteiger partial charge in [0.05, 0.1) is 23.5 Å². The van der Waals surface area contributed by atoms with Crippen LogP contribution in [-0.2, 0) is 13.6 Å². The zero-order chi connectivity index (χ0) is 19.2. The van der Waals surface area contributed by atoms with Crippen LogP contribution in [0.5, 0.6) is 0 Å².